The van der Waals surface area contributed by atoms with E-state index in [-0.39, 0.29) is 24.4 Å². The Morgan fingerprint density at radius 3 is 2.52 bits per heavy atom. The van der Waals surface area contributed by atoms with Crippen LogP contribution in [0.25, 0.3) is 0 Å². The number of hydrogen-bond acceptors (Lipinski definition) is 8. The van der Waals surface area contributed by atoms with Gasteiger partial charge in [-0.15, -0.1) is 11.3 Å². The van der Waals surface area contributed by atoms with E-state index in [0.717, 1.165) is 24.4 Å². The molecule has 0 bridgehead atoms. The molecule has 3 N–H and O–H groups in total. The number of carbonyl (C=O) groups is 3. The molecule has 0 saturated carbocycles. The molecule has 150 valence electrons. The zero-order valence-corrected chi connectivity index (χ0v) is 16.0. The Hall–Kier alpha value is -2.01. The average molecular weight is 399 g/mol. The maximum atomic E-state index is 12.3. The van der Waals surface area contributed by atoms with E-state index < -0.39 is 23.8 Å². The van der Waals surface area contributed by atoms with Crippen molar-refractivity contribution >= 4 is 34.9 Å². The number of thiophene rings is 1. The van der Waals surface area contributed by atoms with Crippen LogP contribution in [0.2, 0.25) is 0 Å². The van der Waals surface area contributed by atoms with Crippen molar-refractivity contribution in [2.24, 2.45) is 5.92 Å². The number of aliphatic hydroxyl groups excluding tert-OH is 1. The molecule has 0 aromatic carbocycles. The highest BCUT2D eigenvalue weighted by Gasteiger charge is 2.27. The van der Waals surface area contributed by atoms with Gasteiger partial charge in [0.15, 0.2) is 0 Å². The Labute approximate surface area is 161 Å². The van der Waals surface area contributed by atoms with Crippen LogP contribution in [0.1, 0.15) is 16.1 Å². The molecule has 1 aromatic rings. The maximum Gasteiger partial charge on any atom is 0.350 e. The molecule has 27 heavy (non-hydrogen) atoms. The number of carbonyl (C=O) groups excluding carboxylic acids is 2. The van der Waals surface area contributed by atoms with Gasteiger partial charge in [0.1, 0.15) is 4.88 Å². The number of esters is 1. The van der Waals surface area contributed by atoms with Crippen molar-refractivity contribution in [1.82, 2.24) is 9.80 Å². The largest absolute Gasteiger partial charge is 0.481 e. The van der Waals surface area contributed by atoms with E-state index in [1.54, 1.807) is 11.4 Å². The van der Waals surface area contributed by atoms with Gasteiger partial charge in [-0.2, -0.15) is 0 Å². The highest BCUT2D eigenvalue weighted by atomic mass is 32.1. The number of amides is 1. The summed E-state index contributed by atoms with van der Waals surface area (Å²) in [6, 6.07) is 1.59. The Balaban J connectivity index is 1.89. The molecule has 1 aliphatic heterocycles. The van der Waals surface area contributed by atoms with E-state index >= 15 is 0 Å². The SMILES string of the molecule is COC(=O)c1sccc1NC(=O)C[C@@H](CN1CCN(CCO)CC1)C(=O)O. The number of β-amino-alcohol motifs (C(OH)–C–C–N with tert-alkyl or cyclic N) is 1. The monoisotopic (exact) mass is 399 g/mol. The van der Waals surface area contributed by atoms with Crippen molar-refractivity contribution in [1.29, 1.82) is 0 Å². The molecular formula is C17H25N3O6S. The third kappa shape index (κ3) is 6.28. The summed E-state index contributed by atoms with van der Waals surface area (Å²) in [6.07, 6.45) is -0.178. The van der Waals surface area contributed by atoms with E-state index in [2.05, 4.69) is 15.0 Å². The van der Waals surface area contributed by atoms with Gasteiger partial charge in [-0.25, -0.2) is 4.79 Å². The normalized spacial score (nSPS) is 16.7. The number of ether oxygens (including phenoxy) is 1. The molecule has 1 atom stereocenters. The van der Waals surface area contributed by atoms with Gasteiger partial charge in [-0.1, -0.05) is 0 Å². The van der Waals surface area contributed by atoms with Gasteiger partial charge in [0.25, 0.3) is 0 Å². The zero-order chi connectivity index (χ0) is 19.8. The van der Waals surface area contributed by atoms with E-state index in [9.17, 15) is 19.5 Å². The molecule has 0 radical (unpaired) electrons. The molecule has 1 aromatic heterocycles. The summed E-state index contributed by atoms with van der Waals surface area (Å²) >= 11 is 1.15. The number of anilines is 1. The van der Waals surface area contributed by atoms with Crippen LogP contribution in [0, 0.1) is 5.92 Å². The number of aliphatic carboxylic acids is 1. The Morgan fingerprint density at radius 2 is 1.93 bits per heavy atom. The van der Waals surface area contributed by atoms with Gasteiger partial charge in [-0.3, -0.25) is 19.4 Å². The average Bonchev–Trinajstić information content (AvgIpc) is 3.10. The molecule has 10 heteroatoms. The van der Waals surface area contributed by atoms with Crippen LogP contribution in [0.4, 0.5) is 5.69 Å². The first-order chi connectivity index (χ1) is 12.9. The molecule has 0 aliphatic carbocycles. The van der Waals surface area contributed by atoms with Gasteiger partial charge >= 0.3 is 11.9 Å². The third-order valence-corrected chi connectivity index (χ3v) is 5.35. The predicted molar refractivity (Wildman–Crippen MR) is 100.0 cm³/mol. The molecule has 2 rings (SSSR count). The lowest BCUT2D eigenvalue weighted by atomic mass is 10.0. The Bertz CT molecular complexity index is 657. The standard InChI is InChI=1S/C17H25N3O6S/c1-26-17(25)15-13(2-9-27-15)18-14(22)10-12(16(23)24)11-20-5-3-19(4-6-20)7-8-21/h2,9,12,21H,3-8,10-11H2,1H3,(H,18,22)(H,23,24)/t12-/m0/s1. The van der Waals surface area contributed by atoms with E-state index in [4.69, 9.17) is 5.11 Å². The van der Waals surface area contributed by atoms with E-state index in [0.29, 0.717) is 25.3 Å². The number of hydrogen-bond donors (Lipinski definition) is 3. The number of aliphatic hydroxyl groups is 1. The number of carboxylic acid groups (broad SMARTS) is 1. The second-order valence-electron chi connectivity index (χ2n) is 6.31. The van der Waals surface area contributed by atoms with Gasteiger partial charge in [-0.05, 0) is 11.4 Å². The fourth-order valence-electron chi connectivity index (χ4n) is 2.96. The Morgan fingerprint density at radius 1 is 1.26 bits per heavy atom. The van der Waals surface area contributed by atoms with Crippen LogP contribution in [-0.2, 0) is 14.3 Å². The van der Waals surface area contributed by atoms with Crippen LogP contribution in [0.5, 0.6) is 0 Å². The minimum Gasteiger partial charge on any atom is -0.481 e. The summed E-state index contributed by atoms with van der Waals surface area (Å²) in [6.45, 7) is 3.91. The van der Waals surface area contributed by atoms with Gasteiger partial charge in [0.05, 0.1) is 25.3 Å². The van der Waals surface area contributed by atoms with Crippen molar-refractivity contribution in [3.05, 3.63) is 16.3 Å². The molecule has 9 nitrogen and oxygen atoms in total. The van der Waals surface area contributed by atoms with E-state index in [1.165, 1.54) is 7.11 Å². The van der Waals surface area contributed by atoms with Crippen LogP contribution >= 0.6 is 11.3 Å². The van der Waals surface area contributed by atoms with Crippen LogP contribution < -0.4 is 5.32 Å². The molecule has 1 amide bonds. The van der Waals surface area contributed by atoms with Crippen LogP contribution in [0.15, 0.2) is 11.4 Å². The fraction of sp³-hybridized carbons (Fsp3) is 0.588. The number of carboxylic acids is 1. The summed E-state index contributed by atoms with van der Waals surface area (Å²) in [7, 11) is 1.26. The summed E-state index contributed by atoms with van der Waals surface area (Å²) in [5, 5.41) is 22.7. The lowest BCUT2D eigenvalue weighted by Gasteiger charge is -2.35. The minimum absolute atomic E-state index is 0.105. The second-order valence-corrected chi connectivity index (χ2v) is 7.22. The number of methoxy groups -OCH3 is 1. The molecule has 0 spiro atoms. The third-order valence-electron chi connectivity index (χ3n) is 4.45. The second kappa shape index (κ2) is 10.4. The molecule has 1 fully saturated rings. The quantitative estimate of drug-likeness (QED) is 0.503. The van der Waals surface area contributed by atoms with Crippen molar-refractivity contribution < 1.29 is 29.3 Å². The highest BCUT2D eigenvalue weighted by molar-refractivity contribution is 7.12. The van der Waals surface area contributed by atoms with Gasteiger partial charge in [0, 0.05) is 45.7 Å². The molecule has 1 saturated heterocycles. The van der Waals surface area contributed by atoms with Gasteiger partial charge < -0.3 is 20.3 Å². The summed E-state index contributed by atoms with van der Waals surface area (Å²) in [5.41, 5.74) is 0.332. The summed E-state index contributed by atoms with van der Waals surface area (Å²) in [4.78, 5) is 39.9. The first-order valence-corrected chi connectivity index (χ1v) is 9.56. The Kier molecular flexibility index (Phi) is 8.17. The number of nitrogens with one attached hydrogen (secondary N) is 1. The fourth-order valence-corrected chi connectivity index (χ4v) is 3.73. The smallest absolute Gasteiger partial charge is 0.350 e. The van der Waals surface area contributed by atoms with E-state index in [1.807, 2.05) is 4.90 Å². The molecule has 1 aliphatic rings. The van der Waals surface area contributed by atoms with Crippen LogP contribution in [0.3, 0.4) is 0 Å². The first-order valence-electron chi connectivity index (χ1n) is 8.68. The van der Waals surface area contributed by atoms with Crippen molar-refractivity contribution in [2.75, 3.05) is 58.3 Å². The zero-order valence-electron chi connectivity index (χ0n) is 15.2. The van der Waals surface area contributed by atoms with Gasteiger partial charge in [0.2, 0.25) is 5.91 Å². The van der Waals surface area contributed by atoms with Crippen molar-refractivity contribution in [2.45, 2.75) is 6.42 Å². The predicted octanol–water partition coefficient (Wildman–Crippen LogP) is 0.174. The van der Waals surface area contributed by atoms with Crippen molar-refractivity contribution in [3.8, 4) is 0 Å². The molecule has 2 heterocycles. The number of nitrogens with zero attached hydrogens (tertiary/aromatic N) is 2. The topological polar surface area (TPSA) is 119 Å². The lowest BCUT2D eigenvalue weighted by molar-refractivity contribution is -0.144. The lowest BCUT2D eigenvalue weighted by Crippen LogP contribution is -2.49. The summed E-state index contributed by atoms with van der Waals surface area (Å²) in [5.74, 6) is -2.86. The minimum atomic E-state index is -1.03. The summed E-state index contributed by atoms with van der Waals surface area (Å²) < 4.78 is 4.66. The number of rotatable bonds is 9. The number of piperazine rings is 1. The van der Waals surface area contributed by atoms with Crippen molar-refractivity contribution in [3.63, 3.8) is 0 Å². The highest BCUT2D eigenvalue weighted by Crippen LogP contribution is 2.23. The maximum absolute atomic E-state index is 12.3. The van der Waals surface area contributed by atoms with Crippen LogP contribution in [-0.4, -0.2) is 90.8 Å². The molecular weight excluding hydrogens is 374 g/mol. The molecule has 0 unspecified atom stereocenters. The first kappa shape index (κ1) is 21.3.